The van der Waals surface area contributed by atoms with Crippen LogP contribution in [0.15, 0.2) is 30.3 Å². The van der Waals surface area contributed by atoms with Gasteiger partial charge in [0.15, 0.2) is 0 Å². The van der Waals surface area contributed by atoms with E-state index in [0.717, 1.165) is 13.2 Å². The molecular formula is C18H31NO. The third kappa shape index (κ3) is 7.06. The van der Waals surface area contributed by atoms with E-state index in [1.54, 1.807) is 0 Å². The molecule has 1 rings (SSSR count). The van der Waals surface area contributed by atoms with E-state index in [0.29, 0.717) is 12.5 Å². The highest BCUT2D eigenvalue weighted by molar-refractivity contribution is 5.13. The van der Waals surface area contributed by atoms with Gasteiger partial charge in [-0.3, -0.25) is 0 Å². The molecule has 1 aromatic rings. The molecular weight excluding hydrogens is 246 g/mol. The summed E-state index contributed by atoms with van der Waals surface area (Å²) in [5.74, 6) is 0.505. The van der Waals surface area contributed by atoms with E-state index in [-0.39, 0.29) is 11.0 Å². The van der Waals surface area contributed by atoms with Gasteiger partial charge in [0, 0.05) is 12.1 Å². The van der Waals surface area contributed by atoms with Gasteiger partial charge < -0.3 is 10.1 Å². The standard InChI is InChI=1S/C18H31NO/c1-17(2,3)16(12-19-18(4,5)6)14-20-13-15-10-8-7-9-11-15/h7-11,16,19H,12-14H2,1-6H3. The Labute approximate surface area is 124 Å². The molecule has 1 atom stereocenters. The van der Waals surface area contributed by atoms with Gasteiger partial charge in [-0.1, -0.05) is 51.1 Å². The molecule has 0 radical (unpaired) electrons. The number of hydrogen-bond donors (Lipinski definition) is 1. The van der Waals surface area contributed by atoms with Crippen LogP contribution >= 0.6 is 0 Å². The van der Waals surface area contributed by atoms with Crippen molar-refractivity contribution in [3.05, 3.63) is 35.9 Å². The lowest BCUT2D eigenvalue weighted by atomic mass is 9.81. The zero-order valence-electron chi connectivity index (χ0n) is 14.0. The summed E-state index contributed by atoms with van der Waals surface area (Å²) in [5, 5.41) is 3.60. The fourth-order valence-corrected chi connectivity index (χ4v) is 1.94. The Morgan fingerprint density at radius 2 is 1.60 bits per heavy atom. The van der Waals surface area contributed by atoms with Gasteiger partial charge in [0.1, 0.15) is 0 Å². The van der Waals surface area contributed by atoms with Crippen LogP contribution < -0.4 is 5.32 Å². The van der Waals surface area contributed by atoms with Crippen molar-refractivity contribution in [1.29, 1.82) is 0 Å². The lowest BCUT2D eigenvalue weighted by Crippen LogP contribution is -2.43. The van der Waals surface area contributed by atoms with Crippen molar-refractivity contribution in [2.24, 2.45) is 11.3 Å². The smallest absolute Gasteiger partial charge is 0.0717 e. The lowest BCUT2D eigenvalue weighted by Gasteiger charge is -2.33. The molecule has 20 heavy (non-hydrogen) atoms. The molecule has 0 aliphatic rings. The van der Waals surface area contributed by atoms with Crippen molar-refractivity contribution in [3.8, 4) is 0 Å². The first kappa shape index (κ1) is 17.2. The molecule has 114 valence electrons. The van der Waals surface area contributed by atoms with Gasteiger partial charge in [-0.2, -0.15) is 0 Å². The van der Waals surface area contributed by atoms with Gasteiger partial charge >= 0.3 is 0 Å². The molecule has 0 saturated heterocycles. The molecule has 0 spiro atoms. The predicted octanol–water partition coefficient (Wildman–Crippen LogP) is 4.25. The summed E-state index contributed by atoms with van der Waals surface area (Å²) in [4.78, 5) is 0. The number of hydrogen-bond acceptors (Lipinski definition) is 2. The minimum Gasteiger partial charge on any atom is -0.376 e. The molecule has 2 heteroatoms. The molecule has 0 aliphatic carbocycles. The SMILES string of the molecule is CC(C)(C)NCC(COCc1ccccc1)C(C)(C)C. The van der Waals surface area contributed by atoms with E-state index in [1.165, 1.54) is 5.56 Å². The summed E-state index contributed by atoms with van der Waals surface area (Å²) in [6.07, 6.45) is 0. The predicted molar refractivity (Wildman–Crippen MR) is 86.8 cm³/mol. The summed E-state index contributed by atoms with van der Waals surface area (Å²) in [7, 11) is 0. The first-order valence-corrected chi connectivity index (χ1v) is 7.55. The summed E-state index contributed by atoms with van der Waals surface area (Å²) in [6, 6.07) is 10.4. The van der Waals surface area contributed by atoms with Gasteiger partial charge in [-0.25, -0.2) is 0 Å². The van der Waals surface area contributed by atoms with E-state index in [9.17, 15) is 0 Å². The highest BCUT2D eigenvalue weighted by Crippen LogP contribution is 2.26. The van der Waals surface area contributed by atoms with Gasteiger partial charge in [-0.05, 0) is 37.7 Å². The molecule has 0 aliphatic heterocycles. The molecule has 1 unspecified atom stereocenters. The summed E-state index contributed by atoms with van der Waals surface area (Å²) < 4.78 is 5.93. The number of rotatable bonds is 6. The maximum absolute atomic E-state index is 5.93. The van der Waals surface area contributed by atoms with Crippen LogP contribution in [0.4, 0.5) is 0 Å². The Kier molecular flexibility index (Phi) is 6.22. The van der Waals surface area contributed by atoms with Gasteiger partial charge in [-0.15, -0.1) is 0 Å². The van der Waals surface area contributed by atoms with Gasteiger partial charge in [0.2, 0.25) is 0 Å². The first-order chi connectivity index (χ1) is 9.18. The van der Waals surface area contributed by atoms with E-state index < -0.39 is 0 Å². The van der Waals surface area contributed by atoms with Crippen LogP contribution in [0.2, 0.25) is 0 Å². The third-order valence-corrected chi connectivity index (χ3v) is 3.53. The first-order valence-electron chi connectivity index (χ1n) is 7.55. The van der Waals surface area contributed by atoms with Crippen LogP contribution in [-0.4, -0.2) is 18.7 Å². The van der Waals surface area contributed by atoms with E-state index >= 15 is 0 Å². The largest absolute Gasteiger partial charge is 0.376 e. The minimum absolute atomic E-state index is 0.156. The molecule has 0 aromatic heterocycles. The van der Waals surface area contributed by atoms with Crippen molar-refractivity contribution in [2.75, 3.05) is 13.2 Å². The van der Waals surface area contributed by atoms with Crippen LogP contribution in [0, 0.1) is 11.3 Å². The molecule has 1 aromatic carbocycles. The second kappa shape index (κ2) is 7.24. The van der Waals surface area contributed by atoms with Crippen LogP contribution in [0.1, 0.15) is 47.1 Å². The highest BCUT2D eigenvalue weighted by Gasteiger charge is 2.26. The second-order valence-electron chi connectivity index (χ2n) is 7.69. The number of benzene rings is 1. The average Bonchev–Trinajstić information content (AvgIpc) is 2.32. The van der Waals surface area contributed by atoms with Crippen molar-refractivity contribution in [1.82, 2.24) is 5.32 Å². The normalized spacial score (nSPS) is 14.3. The molecule has 0 amide bonds. The fourth-order valence-electron chi connectivity index (χ4n) is 1.94. The topological polar surface area (TPSA) is 21.3 Å². The number of ether oxygens (including phenoxy) is 1. The van der Waals surface area contributed by atoms with Crippen LogP contribution in [-0.2, 0) is 11.3 Å². The zero-order chi connectivity index (χ0) is 15.2. The lowest BCUT2D eigenvalue weighted by molar-refractivity contribution is 0.0430. The summed E-state index contributed by atoms with van der Waals surface area (Å²) in [6.45, 7) is 16.0. The molecule has 0 fully saturated rings. The van der Waals surface area contributed by atoms with Gasteiger partial charge in [0.25, 0.3) is 0 Å². The second-order valence-corrected chi connectivity index (χ2v) is 7.69. The van der Waals surface area contributed by atoms with Crippen LogP contribution in [0.5, 0.6) is 0 Å². The molecule has 1 N–H and O–H groups in total. The van der Waals surface area contributed by atoms with E-state index in [4.69, 9.17) is 4.74 Å². The minimum atomic E-state index is 0.156. The van der Waals surface area contributed by atoms with Crippen LogP contribution in [0.3, 0.4) is 0 Å². The third-order valence-electron chi connectivity index (χ3n) is 3.53. The Bertz CT molecular complexity index is 373. The Morgan fingerprint density at radius 3 is 2.10 bits per heavy atom. The fraction of sp³-hybridized carbons (Fsp3) is 0.667. The molecule has 0 bridgehead atoms. The zero-order valence-corrected chi connectivity index (χ0v) is 14.0. The summed E-state index contributed by atoms with van der Waals surface area (Å²) in [5.41, 5.74) is 1.64. The van der Waals surface area contributed by atoms with Crippen LogP contribution in [0.25, 0.3) is 0 Å². The highest BCUT2D eigenvalue weighted by atomic mass is 16.5. The van der Waals surface area contributed by atoms with Crippen molar-refractivity contribution in [2.45, 2.75) is 53.7 Å². The number of nitrogens with one attached hydrogen (secondary N) is 1. The van der Waals surface area contributed by atoms with E-state index in [1.807, 2.05) is 6.07 Å². The van der Waals surface area contributed by atoms with Crippen molar-refractivity contribution >= 4 is 0 Å². The maximum atomic E-state index is 5.93. The van der Waals surface area contributed by atoms with Crippen molar-refractivity contribution in [3.63, 3.8) is 0 Å². The molecule has 0 saturated carbocycles. The quantitative estimate of drug-likeness (QED) is 0.839. The van der Waals surface area contributed by atoms with Crippen molar-refractivity contribution < 1.29 is 4.74 Å². The Morgan fingerprint density at radius 1 is 1.00 bits per heavy atom. The maximum Gasteiger partial charge on any atom is 0.0717 e. The summed E-state index contributed by atoms with van der Waals surface area (Å²) >= 11 is 0. The van der Waals surface area contributed by atoms with E-state index in [2.05, 4.69) is 71.1 Å². The molecule has 0 heterocycles. The Balaban J connectivity index is 2.45. The van der Waals surface area contributed by atoms with Gasteiger partial charge in [0.05, 0.1) is 13.2 Å². The average molecular weight is 277 g/mol. The Hall–Kier alpha value is -0.860. The monoisotopic (exact) mass is 277 g/mol. The molecule has 2 nitrogen and oxygen atoms in total.